The Bertz CT molecular complexity index is 124. The van der Waals surface area contributed by atoms with Crippen molar-refractivity contribution in [3.63, 3.8) is 0 Å². The third kappa shape index (κ3) is 1.09. The van der Waals surface area contributed by atoms with E-state index in [0.29, 0.717) is 0 Å². The van der Waals surface area contributed by atoms with Crippen LogP contribution in [0.15, 0.2) is 0 Å². The average molecular weight is 138 g/mol. The minimum atomic E-state index is 1.07. The lowest BCUT2D eigenvalue weighted by molar-refractivity contribution is 0.418. The summed E-state index contributed by atoms with van der Waals surface area (Å²) in [6.07, 6.45) is 6.05. The van der Waals surface area contributed by atoms with E-state index >= 15 is 0 Å². The van der Waals surface area contributed by atoms with Crippen LogP contribution in [0.1, 0.15) is 39.5 Å². The Morgan fingerprint density at radius 3 is 2.50 bits per heavy atom. The van der Waals surface area contributed by atoms with Gasteiger partial charge in [-0.2, -0.15) is 0 Å². The zero-order valence-corrected chi connectivity index (χ0v) is 7.14. The molecule has 2 aliphatic carbocycles. The molecule has 0 radical (unpaired) electrons. The highest BCUT2D eigenvalue weighted by Gasteiger charge is 2.44. The molecule has 58 valence electrons. The zero-order chi connectivity index (χ0) is 7.14. The standard InChI is InChI=1S/C10H18/c1-3-8-6-10(8)7(2)9-4-5-9/h7-10H,3-6H2,1-2H3. The molecular weight excluding hydrogens is 120 g/mol. The first-order valence-electron chi connectivity index (χ1n) is 4.83. The summed E-state index contributed by atoms with van der Waals surface area (Å²) in [6, 6.07) is 0. The Morgan fingerprint density at radius 1 is 1.40 bits per heavy atom. The van der Waals surface area contributed by atoms with Gasteiger partial charge in [0, 0.05) is 0 Å². The first-order chi connectivity index (χ1) is 4.83. The van der Waals surface area contributed by atoms with E-state index in [-0.39, 0.29) is 0 Å². The molecule has 0 aromatic heterocycles. The predicted molar refractivity (Wildman–Crippen MR) is 43.8 cm³/mol. The summed E-state index contributed by atoms with van der Waals surface area (Å²) in [5.41, 5.74) is 0. The van der Waals surface area contributed by atoms with Gasteiger partial charge in [-0.1, -0.05) is 20.3 Å². The summed E-state index contributed by atoms with van der Waals surface area (Å²) >= 11 is 0. The molecule has 0 N–H and O–H groups in total. The normalized spacial score (nSPS) is 41.4. The van der Waals surface area contributed by atoms with Crippen LogP contribution in [0.3, 0.4) is 0 Å². The van der Waals surface area contributed by atoms with Gasteiger partial charge in [-0.3, -0.25) is 0 Å². The molecule has 0 aliphatic heterocycles. The summed E-state index contributed by atoms with van der Waals surface area (Å²) in [5.74, 6) is 4.47. The Hall–Kier alpha value is 0. The molecule has 0 saturated heterocycles. The van der Waals surface area contributed by atoms with Gasteiger partial charge in [-0.05, 0) is 42.9 Å². The quantitative estimate of drug-likeness (QED) is 0.562. The van der Waals surface area contributed by atoms with E-state index in [1.54, 1.807) is 6.42 Å². The minimum absolute atomic E-state index is 1.07. The summed E-state index contributed by atoms with van der Waals surface area (Å²) in [4.78, 5) is 0. The Kier molecular flexibility index (Phi) is 1.51. The second-order valence-electron chi connectivity index (χ2n) is 4.26. The van der Waals surface area contributed by atoms with Gasteiger partial charge in [0.05, 0.1) is 0 Å². The van der Waals surface area contributed by atoms with Crippen LogP contribution >= 0.6 is 0 Å². The highest BCUT2D eigenvalue weighted by Crippen LogP contribution is 2.53. The minimum Gasteiger partial charge on any atom is -0.0651 e. The molecule has 10 heavy (non-hydrogen) atoms. The maximum atomic E-state index is 2.47. The molecule has 0 aromatic carbocycles. The van der Waals surface area contributed by atoms with Crippen molar-refractivity contribution in [2.45, 2.75) is 39.5 Å². The van der Waals surface area contributed by atoms with Crippen molar-refractivity contribution >= 4 is 0 Å². The van der Waals surface area contributed by atoms with Gasteiger partial charge in [0.2, 0.25) is 0 Å². The van der Waals surface area contributed by atoms with Crippen LogP contribution < -0.4 is 0 Å². The zero-order valence-electron chi connectivity index (χ0n) is 7.14. The Morgan fingerprint density at radius 2 is 2.10 bits per heavy atom. The van der Waals surface area contributed by atoms with Crippen molar-refractivity contribution < 1.29 is 0 Å². The van der Waals surface area contributed by atoms with Crippen molar-refractivity contribution in [1.82, 2.24) is 0 Å². The largest absolute Gasteiger partial charge is 0.0651 e. The third-order valence-electron chi connectivity index (χ3n) is 3.54. The number of hydrogen-bond acceptors (Lipinski definition) is 0. The molecule has 0 nitrogen and oxygen atoms in total. The molecular formula is C10H18. The first-order valence-corrected chi connectivity index (χ1v) is 4.83. The molecule has 2 aliphatic rings. The molecule has 2 rings (SSSR count). The predicted octanol–water partition coefficient (Wildman–Crippen LogP) is 3.08. The van der Waals surface area contributed by atoms with Crippen LogP contribution in [-0.4, -0.2) is 0 Å². The fraction of sp³-hybridized carbons (Fsp3) is 1.00. The number of rotatable bonds is 3. The van der Waals surface area contributed by atoms with Gasteiger partial charge in [0.15, 0.2) is 0 Å². The smallest absolute Gasteiger partial charge is 0.0355 e. The van der Waals surface area contributed by atoms with Crippen molar-refractivity contribution in [3.8, 4) is 0 Å². The van der Waals surface area contributed by atoms with Gasteiger partial charge in [0.25, 0.3) is 0 Å². The third-order valence-corrected chi connectivity index (χ3v) is 3.54. The topological polar surface area (TPSA) is 0 Å². The molecule has 0 bridgehead atoms. The second-order valence-corrected chi connectivity index (χ2v) is 4.26. The molecule has 0 heterocycles. The SMILES string of the molecule is CCC1CC1C(C)C1CC1. The summed E-state index contributed by atoms with van der Waals surface area (Å²) < 4.78 is 0. The summed E-state index contributed by atoms with van der Waals surface area (Å²) in [6.45, 7) is 4.81. The van der Waals surface area contributed by atoms with Crippen molar-refractivity contribution in [2.24, 2.45) is 23.7 Å². The second kappa shape index (κ2) is 2.25. The van der Waals surface area contributed by atoms with Crippen LogP contribution in [0, 0.1) is 23.7 Å². The van der Waals surface area contributed by atoms with Crippen LogP contribution in [0.5, 0.6) is 0 Å². The summed E-state index contributed by atoms with van der Waals surface area (Å²) in [5, 5.41) is 0. The lowest BCUT2D eigenvalue weighted by atomic mass is 9.98. The number of hydrogen-bond donors (Lipinski definition) is 0. The highest BCUT2D eigenvalue weighted by molar-refractivity contribution is 4.94. The lowest BCUT2D eigenvalue weighted by Crippen LogP contribution is -2.00. The maximum Gasteiger partial charge on any atom is -0.0355 e. The highest BCUT2D eigenvalue weighted by atomic mass is 14.5. The van der Waals surface area contributed by atoms with Crippen LogP contribution in [0.25, 0.3) is 0 Å². The molecule has 0 amide bonds. The fourth-order valence-corrected chi connectivity index (χ4v) is 2.36. The van der Waals surface area contributed by atoms with Crippen molar-refractivity contribution in [1.29, 1.82) is 0 Å². The van der Waals surface area contributed by atoms with Gasteiger partial charge in [-0.15, -0.1) is 0 Å². The van der Waals surface area contributed by atoms with Gasteiger partial charge >= 0.3 is 0 Å². The molecule has 2 fully saturated rings. The molecule has 2 saturated carbocycles. The van der Waals surface area contributed by atoms with Crippen LogP contribution in [0.4, 0.5) is 0 Å². The summed E-state index contributed by atoms with van der Waals surface area (Å²) in [7, 11) is 0. The van der Waals surface area contributed by atoms with E-state index in [1.165, 1.54) is 19.3 Å². The van der Waals surface area contributed by atoms with Gasteiger partial charge in [0.1, 0.15) is 0 Å². The van der Waals surface area contributed by atoms with Crippen LogP contribution in [0.2, 0.25) is 0 Å². The van der Waals surface area contributed by atoms with E-state index in [4.69, 9.17) is 0 Å². The van der Waals surface area contributed by atoms with Gasteiger partial charge < -0.3 is 0 Å². The first kappa shape index (κ1) is 6.69. The van der Waals surface area contributed by atoms with E-state index in [9.17, 15) is 0 Å². The lowest BCUT2D eigenvalue weighted by Gasteiger charge is -2.07. The van der Waals surface area contributed by atoms with E-state index in [1.807, 2.05) is 0 Å². The van der Waals surface area contributed by atoms with E-state index in [0.717, 1.165) is 23.7 Å². The van der Waals surface area contributed by atoms with E-state index in [2.05, 4.69) is 13.8 Å². The fourth-order valence-electron chi connectivity index (χ4n) is 2.36. The van der Waals surface area contributed by atoms with Gasteiger partial charge in [-0.25, -0.2) is 0 Å². The Balaban J connectivity index is 1.78. The monoisotopic (exact) mass is 138 g/mol. The Labute approximate surface area is 64.0 Å². The molecule has 0 aromatic rings. The maximum absolute atomic E-state index is 2.47. The van der Waals surface area contributed by atoms with E-state index < -0.39 is 0 Å². The van der Waals surface area contributed by atoms with Crippen molar-refractivity contribution in [3.05, 3.63) is 0 Å². The molecule has 0 heteroatoms. The average Bonchev–Trinajstić information content (AvgIpc) is 2.83. The van der Waals surface area contributed by atoms with Crippen LogP contribution in [-0.2, 0) is 0 Å². The molecule has 0 spiro atoms. The molecule has 3 atom stereocenters. The molecule has 3 unspecified atom stereocenters. The van der Waals surface area contributed by atoms with Crippen molar-refractivity contribution in [2.75, 3.05) is 0 Å².